The third kappa shape index (κ3) is 3.18. The number of carbonyl (C=O) groups excluding carboxylic acids is 1. The van der Waals surface area contributed by atoms with E-state index in [0.717, 1.165) is 5.69 Å². The summed E-state index contributed by atoms with van der Waals surface area (Å²) in [4.78, 5) is 21.0. The monoisotopic (exact) mass is 309 g/mol. The van der Waals surface area contributed by atoms with E-state index in [0.29, 0.717) is 17.4 Å². The lowest BCUT2D eigenvalue weighted by Gasteiger charge is -2.10. The number of hydrogen-bond donors (Lipinski definition) is 1. The van der Waals surface area contributed by atoms with Gasteiger partial charge in [-0.3, -0.25) is 4.79 Å². The number of aryl methyl sites for hydroxylation is 1. The van der Waals surface area contributed by atoms with Crippen LogP contribution < -0.4 is 10.1 Å². The lowest BCUT2D eigenvalue weighted by Crippen LogP contribution is -2.16. The summed E-state index contributed by atoms with van der Waals surface area (Å²) in [5.41, 5.74) is 1.04. The molecule has 0 spiro atoms. The predicted octanol–water partition coefficient (Wildman–Crippen LogP) is 2.23. The second-order valence-electron chi connectivity index (χ2n) is 4.79. The third-order valence-electron chi connectivity index (χ3n) is 3.16. The number of carbonyl (C=O) groups is 1. The Balaban J connectivity index is 1.87. The number of nitrogens with one attached hydrogen (secondary N) is 1. The Labute approximate surface area is 133 Å². The minimum atomic E-state index is -0.365. The summed E-state index contributed by atoms with van der Waals surface area (Å²) in [6.45, 7) is 1.84. The number of ether oxygens (including phenoxy) is 1. The first-order chi connectivity index (χ1) is 11.2. The highest BCUT2D eigenvalue weighted by molar-refractivity contribution is 6.03. The van der Waals surface area contributed by atoms with Gasteiger partial charge in [0.1, 0.15) is 5.69 Å². The van der Waals surface area contributed by atoms with Crippen molar-refractivity contribution >= 4 is 11.7 Å². The van der Waals surface area contributed by atoms with E-state index in [-0.39, 0.29) is 11.6 Å². The SMILES string of the molecule is COc1ccc(C)nc1NC(=O)c1cccc(-n2cccn2)n1. The molecule has 0 radical (unpaired) electrons. The molecule has 0 atom stereocenters. The molecular formula is C16H15N5O2. The van der Waals surface area contributed by atoms with Gasteiger partial charge in [0, 0.05) is 18.1 Å². The Kier molecular flexibility index (Phi) is 4.01. The molecule has 0 aliphatic heterocycles. The zero-order valence-corrected chi connectivity index (χ0v) is 12.7. The molecule has 0 aromatic carbocycles. The molecule has 0 fully saturated rings. The van der Waals surface area contributed by atoms with Crippen molar-refractivity contribution in [3.63, 3.8) is 0 Å². The zero-order chi connectivity index (χ0) is 16.2. The number of nitrogens with zero attached hydrogens (tertiary/aromatic N) is 4. The van der Waals surface area contributed by atoms with Crippen LogP contribution in [0.3, 0.4) is 0 Å². The van der Waals surface area contributed by atoms with Crippen molar-refractivity contribution in [1.29, 1.82) is 0 Å². The summed E-state index contributed by atoms with van der Waals surface area (Å²) in [5.74, 6) is 1.05. The average molecular weight is 309 g/mol. The fourth-order valence-corrected chi connectivity index (χ4v) is 2.05. The maximum absolute atomic E-state index is 12.4. The Hall–Kier alpha value is -3.22. The Bertz CT molecular complexity index is 830. The smallest absolute Gasteiger partial charge is 0.275 e. The highest BCUT2D eigenvalue weighted by Crippen LogP contribution is 2.22. The summed E-state index contributed by atoms with van der Waals surface area (Å²) in [6, 6.07) is 10.5. The molecule has 0 aliphatic carbocycles. The van der Waals surface area contributed by atoms with Crippen LogP contribution in [0.2, 0.25) is 0 Å². The second kappa shape index (κ2) is 6.27. The van der Waals surface area contributed by atoms with Crippen molar-refractivity contribution in [2.75, 3.05) is 12.4 Å². The van der Waals surface area contributed by atoms with Gasteiger partial charge in [0.15, 0.2) is 17.4 Å². The standard InChI is InChI=1S/C16H15N5O2/c1-11-7-8-13(23-2)15(18-11)20-16(22)12-5-3-6-14(19-12)21-10-4-9-17-21/h3-10H,1-2H3,(H,18,20,22). The van der Waals surface area contributed by atoms with Crippen LogP contribution in [0.5, 0.6) is 5.75 Å². The molecule has 7 heteroatoms. The van der Waals surface area contributed by atoms with Gasteiger partial charge in [-0.1, -0.05) is 6.07 Å². The molecule has 1 N–H and O–H groups in total. The molecule has 3 rings (SSSR count). The van der Waals surface area contributed by atoms with Crippen molar-refractivity contribution in [2.24, 2.45) is 0 Å². The van der Waals surface area contributed by atoms with Crippen LogP contribution in [-0.2, 0) is 0 Å². The van der Waals surface area contributed by atoms with Crippen molar-refractivity contribution in [3.05, 3.63) is 60.2 Å². The van der Waals surface area contributed by atoms with Gasteiger partial charge in [-0.15, -0.1) is 0 Å². The minimum Gasteiger partial charge on any atom is -0.493 e. The summed E-state index contributed by atoms with van der Waals surface area (Å²) in [5, 5.41) is 6.82. The van der Waals surface area contributed by atoms with Crippen LogP contribution in [0.15, 0.2) is 48.8 Å². The quantitative estimate of drug-likeness (QED) is 0.799. The molecule has 0 saturated heterocycles. The first kappa shape index (κ1) is 14.7. The average Bonchev–Trinajstić information content (AvgIpc) is 3.10. The number of amides is 1. The largest absolute Gasteiger partial charge is 0.493 e. The predicted molar refractivity (Wildman–Crippen MR) is 84.8 cm³/mol. The highest BCUT2D eigenvalue weighted by atomic mass is 16.5. The number of aromatic nitrogens is 4. The van der Waals surface area contributed by atoms with Gasteiger partial charge in [-0.2, -0.15) is 5.10 Å². The molecular weight excluding hydrogens is 294 g/mol. The fraction of sp³-hybridized carbons (Fsp3) is 0.125. The van der Waals surface area contributed by atoms with Gasteiger partial charge in [0.2, 0.25) is 0 Å². The number of hydrogen-bond acceptors (Lipinski definition) is 5. The van der Waals surface area contributed by atoms with Gasteiger partial charge in [0.25, 0.3) is 5.91 Å². The first-order valence-corrected chi connectivity index (χ1v) is 6.97. The van der Waals surface area contributed by atoms with Crippen LogP contribution >= 0.6 is 0 Å². The second-order valence-corrected chi connectivity index (χ2v) is 4.79. The van der Waals surface area contributed by atoms with Gasteiger partial charge in [-0.05, 0) is 37.3 Å². The summed E-state index contributed by atoms with van der Waals surface area (Å²) in [7, 11) is 1.53. The topological polar surface area (TPSA) is 81.9 Å². The highest BCUT2D eigenvalue weighted by Gasteiger charge is 2.13. The van der Waals surface area contributed by atoms with Crippen LogP contribution in [0.4, 0.5) is 5.82 Å². The van der Waals surface area contributed by atoms with Crippen molar-refractivity contribution in [3.8, 4) is 11.6 Å². The Morgan fingerprint density at radius 1 is 1.17 bits per heavy atom. The van der Waals surface area contributed by atoms with E-state index in [4.69, 9.17) is 4.74 Å². The lowest BCUT2D eigenvalue weighted by atomic mass is 10.3. The molecule has 116 valence electrons. The normalized spacial score (nSPS) is 10.3. The molecule has 3 heterocycles. The Morgan fingerprint density at radius 2 is 2.04 bits per heavy atom. The molecule has 3 aromatic heterocycles. The molecule has 0 unspecified atom stereocenters. The van der Waals surface area contributed by atoms with Crippen LogP contribution in [0.1, 0.15) is 16.2 Å². The Morgan fingerprint density at radius 3 is 2.78 bits per heavy atom. The van der Waals surface area contributed by atoms with Gasteiger partial charge in [-0.25, -0.2) is 14.6 Å². The number of pyridine rings is 2. The maximum Gasteiger partial charge on any atom is 0.275 e. The van der Waals surface area contributed by atoms with E-state index in [9.17, 15) is 4.79 Å². The van der Waals surface area contributed by atoms with Crippen molar-refractivity contribution in [2.45, 2.75) is 6.92 Å². The van der Waals surface area contributed by atoms with E-state index in [1.165, 1.54) is 7.11 Å². The van der Waals surface area contributed by atoms with Crippen molar-refractivity contribution in [1.82, 2.24) is 19.7 Å². The maximum atomic E-state index is 12.4. The summed E-state index contributed by atoms with van der Waals surface area (Å²) >= 11 is 0. The van der Waals surface area contributed by atoms with Gasteiger partial charge >= 0.3 is 0 Å². The summed E-state index contributed by atoms with van der Waals surface area (Å²) < 4.78 is 6.79. The van der Waals surface area contributed by atoms with Crippen LogP contribution in [0, 0.1) is 6.92 Å². The molecule has 0 saturated carbocycles. The van der Waals surface area contributed by atoms with E-state index < -0.39 is 0 Å². The fourth-order valence-electron chi connectivity index (χ4n) is 2.05. The summed E-state index contributed by atoms with van der Waals surface area (Å²) in [6.07, 6.45) is 3.41. The van der Waals surface area contributed by atoms with Gasteiger partial charge < -0.3 is 10.1 Å². The van der Waals surface area contributed by atoms with E-state index >= 15 is 0 Å². The molecule has 1 amide bonds. The van der Waals surface area contributed by atoms with Crippen LogP contribution in [0.25, 0.3) is 5.82 Å². The number of anilines is 1. The van der Waals surface area contributed by atoms with E-state index in [2.05, 4.69) is 20.4 Å². The molecule has 7 nitrogen and oxygen atoms in total. The molecule has 23 heavy (non-hydrogen) atoms. The first-order valence-electron chi connectivity index (χ1n) is 6.97. The molecule has 3 aromatic rings. The van der Waals surface area contributed by atoms with E-state index in [1.54, 1.807) is 47.4 Å². The minimum absolute atomic E-state index is 0.267. The number of rotatable bonds is 4. The van der Waals surface area contributed by atoms with Gasteiger partial charge in [0.05, 0.1) is 7.11 Å². The zero-order valence-electron chi connectivity index (χ0n) is 12.7. The molecule has 0 aliphatic rings. The van der Waals surface area contributed by atoms with Crippen molar-refractivity contribution < 1.29 is 9.53 Å². The number of methoxy groups -OCH3 is 1. The third-order valence-corrected chi connectivity index (χ3v) is 3.16. The molecule has 0 bridgehead atoms. The van der Waals surface area contributed by atoms with E-state index in [1.807, 2.05) is 13.0 Å². The lowest BCUT2D eigenvalue weighted by molar-refractivity contribution is 0.102. The van der Waals surface area contributed by atoms with Crippen LogP contribution in [-0.4, -0.2) is 32.8 Å².